The van der Waals surface area contributed by atoms with E-state index >= 15 is 0 Å². The van der Waals surface area contributed by atoms with Crippen molar-refractivity contribution in [1.29, 1.82) is 0 Å². The number of para-hydroxylation sites is 1. The molecule has 1 aromatic heterocycles. The summed E-state index contributed by atoms with van der Waals surface area (Å²) < 4.78 is 0. The van der Waals surface area contributed by atoms with Crippen molar-refractivity contribution in [2.24, 2.45) is 10.9 Å². The van der Waals surface area contributed by atoms with Crippen LogP contribution in [0.2, 0.25) is 0 Å². The Morgan fingerprint density at radius 3 is 2.71 bits per heavy atom. The normalized spacial score (nSPS) is 12.1. The van der Waals surface area contributed by atoms with Crippen LogP contribution in [-0.4, -0.2) is 28.6 Å². The molecular formula is C16H22N4O. The fourth-order valence-electron chi connectivity index (χ4n) is 2.45. The van der Waals surface area contributed by atoms with Gasteiger partial charge in [-0.05, 0) is 32.4 Å². The van der Waals surface area contributed by atoms with Gasteiger partial charge in [0.15, 0.2) is 5.84 Å². The zero-order chi connectivity index (χ0) is 15.4. The zero-order valence-corrected chi connectivity index (χ0v) is 12.7. The molecule has 0 aliphatic rings. The third-order valence-electron chi connectivity index (χ3n) is 3.47. The smallest absolute Gasteiger partial charge is 0.170 e. The van der Waals surface area contributed by atoms with E-state index in [1.807, 2.05) is 30.3 Å². The maximum Gasteiger partial charge on any atom is 0.170 e. The highest BCUT2D eigenvalue weighted by molar-refractivity contribution is 6.08. The molecule has 0 fully saturated rings. The molecule has 0 radical (unpaired) electrons. The van der Waals surface area contributed by atoms with Gasteiger partial charge in [0, 0.05) is 23.5 Å². The fourth-order valence-corrected chi connectivity index (χ4v) is 2.45. The highest BCUT2D eigenvalue weighted by Crippen LogP contribution is 2.24. The summed E-state index contributed by atoms with van der Waals surface area (Å²) >= 11 is 0. The van der Waals surface area contributed by atoms with E-state index < -0.39 is 0 Å². The molecule has 0 unspecified atom stereocenters. The van der Waals surface area contributed by atoms with Gasteiger partial charge in [-0.1, -0.05) is 30.3 Å². The van der Waals surface area contributed by atoms with Crippen molar-refractivity contribution in [3.8, 4) is 0 Å². The van der Waals surface area contributed by atoms with Crippen molar-refractivity contribution < 1.29 is 5.21 Å². The Labute approximate surface area is 125 Å². The predicted molar refractivity (Wildman–Crippen MR) is 87.0 cm³/mol. The molecule has 21 heavy (non-hydrogen) atoms. The number of benzene rings is 1. The Hall–Kier alpha value is -2.30. The first-order valence-corrected chi connectivity index (χ1v) is 7.22. The molecule has 5 nitrogen and oxygen atoms in total. The van der Waals surface area contributed by atoms with Gasteiger partial charge in [0.25, 0.3) is 0 Å². The van der Waals surface area contributed by atoms with Crippen LogP contribution in [0, 0.1) is 0 Å². The topological polar surface area (TPSA) is 74.7 Å². The fraction of sp³-hybridized carbons (Fsp3) is 0.375. The van der Waals surface area contributed by atoms with E-state index in [0.717, 1.165) is 29.7 Å². The molecule has 0 saturated heterocycles. The first kappa shape index (κ1) is 15.1. The van der Waals surface area contributed by atoms with E-state index in [4.69, 9.17) is 15.9 Å². The summed E-state index contributed by atoms with van der Waals surface area (Å²) in [6.45, 7) is 7.32. The largest absolute Gasteiger partial charge is 0.409 e. The van der Waals surface area contributed by atoms with Crippen LogP contribution in [0.5, 0.6) is 0 Å². The Bertz CT molecular complexity index is 652. The second-order valence-electron chi connectivity index (χ2n) is 5.32. The van der Waals surface area contributed by atoms with Crippen LogP contribution in [-0.2, 0) is 0 Å². The second kappa shape index (κ2) is 6.43. The molecule has 1 aromatic carbocycles. The summed E-state index contributed by atoms with van der Waals surface area (Å²) in [5.41, 5.74) is 7.39. The SMILES string of the molecule is CCCN(c1cc(C(N)=NO)c2ccccc2n1)C(C)C. The molecule has 3 N–H and O–H groups in total. The standard InChI is InChI=1S/C16H22N4O/c1-4-9-20(11(2)3)15-10-13(16(17)19-21)12-7-5-6-8-14(12)18-15/h5-8,10-11,21H,4,9H2,1-3H3,(H2,17,19). The lowest BCUT2D eigenvalue weighted by Gasteiger charge is -2.28. The van der Waals surface area contributed by atoms with Gasteiger partial charge in [0.1, 0.15) is 5.82 Å². The van der Waals surface area contributed by atoms with E-state index in [2.05, 4.69) is 30.8 Å². The third kappa shape index (κ3) is 3.07. The van der Waals surface area contributed by atoms with Crippen molar-refractivity contribution in [2.75, 3.05) is 11.4 Å². The monoisotopic (exact) mass is 286 g/mol. The van der Waals surface area contributed by atoms with Gasteiger partial charge in [-0.25, -0.2) is 4.98 Å². The number of amidine groups is 1. The summed E-state index contributed by atoms with van der Waals surface area (Å²) in [5, 5.41) is 13.1. The highest BCUT2D eigenvalue weighted by atomic mass is 16.4. The molecule has 2 aromatic rings. The number of rotatable bonds is 5. The van der Waals surface area contributed by atoms with Crippen LogP contribution in [0.15, 0.2) is 35.5 Å². The van der Waals surface area contributed by atoms with E-state index in [-0.39, 0.29) is 5.84 Å². The molecule has 5 heteroatoms. The minimum atomic E-state index is 0.107. The summed E-state index contributed by atoms with van der Waals surface area (Å²) in [5.74, 6) is 0.960. The molecule has 2 rings (SSSR count). The van der Waals surface area contributed by atoms with E-state index in [9.17, 15) is 0 Å². The number of pyridine rings is 1. The van der Waals surface area contributed by atoms with E-state index in [1.165, 1.54) is 0 Å². The van der Waals surface area contributed by atoms with Crippen LogP contribution in [0.1, 0.15) is 32.8 Å². The van der Waals surface area contributed by atoms with Gasteiger partial charge in [-0.2, -0.15) is 0 Å². The molecule has 112 valence electrons. The minimum absolute atomic E-state index is 0.107. The number of oxime groups is 1. The first-order valence-electron chi connectivity index (χ1n) is 7.22. The van der Waals surface area contributed by atoms with Gasteiger partial charge < -0.3 is 15.8 Å². The number of hydrogen-bond acceptors (Lipinski definition) is 4. The van der Waals surface area contributed by atoms with Gasteiger partial charge >= 0.3 is 0 Å². The van der Waals surface area contributed by atoms with Crippen molar-refractivity contribution in [3.63, 3.8) is 0 Å². The van der Waals surface area contributed by atoms with Crippen molar-refractivity contribution >= 4 is 22.6 Å². The van der Waals surface area contributed by atoms with Crippen LogP contribution < -0.4 is 10.6 Å². The molecular weight excluding hydrogens is 264 g/mol. The van der Waals surface area contributed by atoms with Gasteiger partial charge in [-0.15, -0.1) is 0 Å². The predicted octanol–water partition coefficient (Wildman–Crippen LogP) is 2.95. The number of fused-ring (bicyclic) bond motifs is 1. The highest BCUT2D eigenvalue weighted by Gasteiger charge is 2.15. The van der Waals surface area contributed by atoms with Crippen molar-refractivity contribution in [1.82, 2.24) is 4.98 Å². The summed E-state index contributed by atoms with van der Waals surface area (Å²) in [6.07, 6.45) is 1.03. The summed E-state index contributed by atoms with van der Waals surface area (Å²) in [6, 6.07) is 9.96. The summed E-state index contributed by atoms with van der Waals surface area (Å²) in [4.78, 5) is 6.95. The lowest BCUT2D eigenvalue weighted by Crippen LogP contribution is -2.32. The Morgan fingerprint density at radius 2 is 2.10 bits per heavy atom. The van der Waals surface area contributed by atoms with E-state index in [1.54, 1.807) is 0 Å². The quantitative estimate of drug-likeness (QED) is 0.383. The van der Waals surface area contributed by atoms with E-state index in [0.29, 0.717) is 11.6 Å². The molecule has 0 bridgehead atoms. The number of nitrogens with zero attached hydrogens (tertiary/aromatic N) is 3. The van der Waals surface area contributed by atoms with Gasteiger partial charge in [0.05, 0.1) is 5.52 Å². The molecule has 1 heterocycles. The Morgan fingerprint density at radius 1 is 1.38 bits per heavy atom. The zero-order valence-electron chi connectivity index (χ0n) is 12.7. The van der Waals surface area contributed by atoms with Crippen LogP contribution in [0.25, 0.3) is 10.9 Å². The van der Waals surface area contributed by atoms with Crippen LogP contribution >= 0.6 is 0 Å². The van der Waals surface area contributed by atoms with Crippen molar-refractivity contribution in [2.45, 2.75) is 33.2 Å². The average Bonchev–Trinajstić information content (AvgIpc) is 2.50. The van der Waals surface area contributed by atoms with Crippen LogP contribution in [0.4, 0.5) is 5.82 Å². The Kier molecular flexibility index (Phi) is 4.62. The van der Waals surface area contributed by atoms with Crippen LogP contribution in [0.3, 0.4) is 0 Å². The molecule has 0 saturated carbocycles. The number of aromatic nitrogens is 1. The molecule has 0 aliphatic heterocycles. The lowest BCUT2D eigenvalue weighted by molar-refractivity contribution is 0.318. The molecule has 0 spiro atoms. The maximum absolute atomic E-state index is 9.02. The maximum atomic E-state index is 9.02. The molecule has 0 atom stereocenters. The average molecular weight is 286 g/mol. The number of nitrogens with two attached hydrogens (primary N) is 1. The summed E-state index contributed by atoms with van der Waals surface area (Å²) in [7, 11) is 0. The molecule has 0 amide bonds. The number of anilines is 1. The second-order valence-corrected chi connectivity index (χ2v) is 5.32. The third-order valence-corrected chi connectivity index (χ3v) is 3.47. The first-order chi connectivity index (χ1) is 10.1. The van der Waals surface area contributed by atoms with Gasteiger partial charge in [0.2, 0.25) is 0 Å². The van der Waals surface area contributed by atoms with Gasteiger partial charge in [-0.3, -0.25) is 0 Å². The van der Waals surface area contributed by atoms with Crippen molar-refractivity contribution in [3.05, 3.63) is 35.9 Å². The minimum Gasteiger partial charge on any atom is -0.409 e. The molecule has 0 aliphatic carbocycles. The Balaban J connectivity index is 2.65. The lowest BCUT2D eigenvalue weighted by atomic mass is 10.1. The number of hydrogen-bond donors (Lipinski definition) is 2.